The molecule has 5 nitrogen and oxygen atoms in total. The molecule has 0 saturated heterocycles. The van der Waals surface area contributed by atoms with E-state index in [0.29, 0.717) is 5.95 Å². The van der Waals surface area contributed by atoms with Crippen LogP contribution in [0.4, 0.5) is 11.9 Å². The summed E-state index contributed by atoms with van der Waals surface area (Å²) in [4.78, 5) is 13.7. The highest BCUT2D eigenvalue weighted by molar-refractivity contribution is 5.34. The van der Waals surface area contributed by atoms with Crippen molar-refractivity contribution in [1.29, 1.82) is 0 Å². The zero-order valence-corrected chi connectivity index (χ0v) is 8.44. The smallest absolute Gasteiger partial charge is 0.230 e. The van der Waals surface area contributed by atoms with Crippen molar-refractivity contribution in [3.63, 3.8) is 0 Å². The zero-order chi connectivity index (χ0) is 10.1. The number of nitrogens with two attached hydrogens (primary N) is 1. The SMILES string of the molecule is CN(c1ncnc(N)n1)C(C)(C)C. The van der Waals surface area contributed by atoms with E-state index in [-0.39, 0.29) is 11.5 Å². The van der Waals surface area contributed by atoms with Gasteiger partial charge < -0.3 is 10.6 Å². The van der Waals surface area contributed by atoms with Crippen molar-refractivity contribution >= 4 is 11.9 Å². The molecule has 13 heavy (non-hydrogen) atoms. The predicted molar refractivity (Wildman–Crippen MR) is 52.4 cm³/mol. The molecule has 0 atom stereocenters. The topological polar surface area (TPSA) is 67.9 Å². The summed E-state index contributed by atoms with van der Waals surface area (Å²) in [6.07, 6.45) is 1.42. The molecule has 0 saturated carbocycles. The average molecular weight is 181 g/mol. The lowest BCUT2D eigenvalue weighted by Gasteiger charge is -2.31. The standard InChI is InChI=1S/C8H15N5/c1-8(2,3)13(4)7-11-5-10-6(9)12-7/h5H,1-4H3,(H2,9,10,11,12). The Hall–Kier alpha value is -1.39. The van der Waals surface area contributed by atoms with E-state index in [4.69, 9.17) is 5.73 Å². The summed E-state index contributed by atoms with van der Waals surface area (Å²) in [5, 5.41) is 0. The summed E-state index contributed by atoms with van der Waals surface area (Å²) < 4.78 is 0. The summed E-state index contributed by atoms with van der Waals surface area (Å²) >= 11 is 0. The molecule has 0 aromatic carbocycles. The van der Waals surface area contributed by atoms with E-state index in [2.05, 4.69) is 35.7 Å². The maximum absolute atomic E-state index is 5.45. The second-order valence-corrected chi connectivity index (χ2v) is 3.87. The fourth-order valence-electron chi connectivity index (χ4n) is 0.761. The Morgan fingerprint density at radius 1 is 1.31 bits per heavy atom. The highest BCUT2D eigenvalue weighted by atomic mass is 15.3. The first-order valence-corrected chi connectivity index (χ1v) is 4.09. The number of nitrogen functional groups attached to an aromatic ring is 1. The quantitative estimate of drug-likeness (QED) is 0.690. The van der Waals surface area contributed by atoms with E-state index < -0.39 is 0 Å². The van der Waals surface area contributed by atoms with Gasteiger partial charge in [-0.25, -0.2) is 9.97 Å². The van der Waals surface area contributed by atoms with E-state index in [9.17, 15) is 0 Å². The Morgan fingerprint density at radius 2 is 1.92 bits per heavy atom. The summed E-state index contributed by atoms with van der Waals surface area (Å²) in [6.45, 7) is 6.23. The van der Waals surface area contributed by atoms with Crippen molar-refractivity contribution < 1.29 is 0 Å². The number of nitrogens with zero attached hydrogens (tertiary/aromatic N) is 4. The number of hydrogen-bond donors (Lipinski definition) is 1. The molecule has 72 valence electrons. The largest absolute Gasteiger partial charge is 0.368 e. The molecule has 0 spiro atoms. The van der Waals surface area contributed by atoms with E-state index in [1.165, 1.54) is 6.33 Å². The van der Waals surface area contributed by atoms with Gasteiger partial charge in [0.25, 0.3) is 0 Å². The van der Waals surface area contributed by atoms with Crippen molar-refractivity contribution in [3.8, 4) is 0 Å². The summed E-state index contributed by atoms with van der Waals surface area (Å²) in [5.41, 5.74) is 5.43. The monoisotopic (exact) mass is 181 g/mol. The number of anilines is 2. The third-order valence-electron chi connectivity index (χ3n) is 1.88. The van der Waals surface area contributed by atoms with Crippen molar-refractivity contribution in [2.75, 3.05) is 17.7 Å². The van der Waals surface area contributed by atoms with Gasteiger partial charge in [0.1, 0.15) is 6.33 Å². The Morgan fingerprint density at radius 3 is 2.38 bits per heavy atom. The first-order valence-electron chi connectivity index (χ1n) is 4.09. The van der Waals surface area contributed by atoms with Crippen molar-refractivity contribution in [3.05, 3.63) is 6.33 Å². The van der Waals surface area contributed by atoms with E-state index in [0.717, 1.165) is 0 Å². The zero-order valence-electron chi connectivity index (χ0n) is 8.44. The molecule has 0 radical (unpaired) electrons. The minimum Gasteiger partial charge on any atom is -0.368 e. The molecule has 0 amide bonds. The lowest BCUT2D eigenvalue weighted by molar-refractivity contribution is 0.527. The molecule has 1 heterocycles. The molecular formula is C8H15N5. The maximum atomic E-state index is 5.45. The average Bonchev–Trinajstić information content (AvgIpc) is 2.01. The van der Waals surface area contributed by atoms with Crippen LogP contribution in [0.3, 0.4) is 0 Å². The summed E-state index contributed by atoms with van der Waals surface area (Å²) in [7, 11) is 1.93. The Balaban J connectivity index is 2.96. The van der Waals surface area contributed by atoms with Gasteiger partial charge in [0, 0.05) is 12.6 Å². The highest BCUT2D eigenvalue weighted by Gasteiger charge is 2.19. The van der Waals surface area contributed by atoms with Crippen molar-refractivity contribution in [2.24, 2.45) is 0 Å². The molecule has 1 aromatic heterocycles. The van der Waals surface area contributed by atoms with E-state index in [1.807, 2.05) is 11.9 Å². The van der Waals surface area contributed by atoms with Gasteiger partial charge in [0.15, 0.2) is 0 Å². The fraction of sp³-hybridized carbons (Fsp3) is 0.625. The van der Waals surface area contributed by atoms with Gasteiger partial charge in [0.05, 0.1) is 0 Å². The lowest BCUT2D eigenvalue weighted by Crippen LogP contribution is -2.39. The molecule has 2 N–H and O–H groups in total. The Labute approximate surface area is 78.0 Å². The van der Waals surface area contributed by atoms with Gasteiger partial charge in [-0.2, -0.15) is 4.98 Å². The lowest BCUT2D eigenvalue weighted by atomic mass is 10.1. The molecule has 5 heteroatoms. The van der Waals surface area contributed by atoms with Crippen LogP contribution in [0.25, 0.3) is 0 Å². The molecule has 0 aliphatic heterocycles. The van der Waals surface area contributed by atoms with Crippen LogP contribution >= 0.6 is 0 Å². The first kappa shape index (κ1) is 9.70. The van der Waals surface area contributed by atoms with Gasteiger partial charge in [-0.1, -0.05) is 0 Å². The second kappa shape index (κ2) is 3.16. The molecule has 0 aliphatic carbocycles. The van der Waals surface area contributed by atoms with Crippen LogP contribution in [-0.4, -0.2) is 27.5 Å². The molecular weight excluding hydrogens is 166 g/mol. The van der Waals surface area contributed by atoms with Crippen LogP contribution in [0.1, 0.15) is 20.8 Å². The third-order valence-corrected chi connectivity index (χ3v) is 1.88. The van der Waals surface area contributed by atoms with Gasteiger partial charge in [-0.3, -0.25) is 0 Å². The molecule has 1 aromatic rings. The van der Waals surface area contributed by atoms with Gasteiger partial charge in [0.2, 0.25) is 11.9 Å². The third kappa shape index (κ3) is 2.27. The van der Waals surface area contributed by atoms with E-state index in [1.54, 1.807) is 0 Å². The van der Waals surface area contributed by atoms with Crippen LogP contribution in [0, 0.1) is 0 Å². The molecule has 1 rings (SSSR count). The van der Waals surface area contributed by atoms with Gasteiger partial charge in [-0.05, 0) is 20.8 Å². The number of hydrogen-bond acceptors (Lipinski definition) is 5. The second-order valence-electron chi connectivity index (χ2n) is 3.87. The predicted octanol–water partition coefficient (Wildman–Crippen LogP) is 0.688. The van der Waals surface area contributed by atoms with Crippen LogP contribution in [0.2, 0.25) is 0 Å². The summed E-state index contributed by atoms with van der Waals surface area (Å²) in [6, 6.07) is 0. The fourth-order valence-corrected chi connectivity index (χ4v) is 0.761. The summed E-state index contributed by atoms with van der Waals surface area (Å²) in [5.74, 6) is 0.848. The van der Waals surface area contributed by atoms with Gasteiger partial charge in [-0.15, -0.1) is 0 Å². The first-order chi connectivity index (χ1) is 5.91. The highest BCUT2D eigenvalue weighted by Crippen LogP contribution is 2.16. The van der Waals surface area contributed by atoms with E-state index >= 15 is 0 Å². The normalized spacial score (nSPS) is 11.4. The minimum atomic E-state index is -0.0200. The number of aromatic nitrogens is 3. The Bertz CT molecular complexity index is 291. The van der Waals surface area contributed by atoms with Crippen LogP contribution < -0.4 is 10.6 Å². The van der Waals surface area contributed by atoms with Crippen LogP contribution in [-0.2, 0) is 0 Å². The number of rotatable bonds is 1. The molecule has 0 fully saturated rings. The maximum Gasteiger partial charge on any atom is 0.230 e. The van der Waals surface area contributed by atoms with Crippen LogP contribution in [0.5, 0.6) is 0 Å². The van der Waals surface area contributed by atoms with Gasteiger partial charge >= 0.3 is 0 Å². The molecule has 0 aliphatic rings. The van der Waals surface area contributed by atoms with Crippen LogP contribution in [0.15, 0.2) is 6.33 Å². The minimum absolute atomic E-state index is 0.0200. The Kier molecular flexibility index (Phi) is 2.36. The molecule has 0 bridgehead atoms. The molecule has 0 unspecified atom stereocenters. The van der Waals surface area contributed by atoms with Crippen molar-refractivity contribution in [2.45, 2.75) is 26.3 Å². The van der Waals surface area contributed by atoms with Crippen molar-refractivity contribution in [1.82, 2.24) is 15.0 Å².